The van der Waals surface area contributed by atoms with E-state index in [4.69, 9.17) is 14.2 Å². The number of carbonyl (C=O) groups is 2. The van der Waals surface area contributed by atoms with Gasteiger partial charge in [-0.2, -0.15) is 0 Å². The number of methoxy groups -OCH3 is 2. The van der Waals surface area contributed by atoms with Crippen LogP contribution in [0.5, 0.6) is 11.5 Å². The first-order valence-corrected chi connectivity index (χ1v) is 11.9. The van der Waals surface area contributed by atoms with Gasteiger partial charge in [0.1, 0.15) is 17.3 Å². The Hall–Kier alpha value is -3.32. The van der Waals surface area contributed by atoms with Crippen molar-refractivity contribution in [1.82, 2.24) is 4.90 Å². The fourth-order valence-corrected chi connectivity index (χ4v) is 4.71. The lowest BCUT2D eigenvalue weighted by Gasteiger charge is -2.28. The average molecular weight is 480 g/mol. The molecule has 2 aliphatic rings. The Morgan fingerprint density at radius 3 is 2.37 bits per heavy atom. The lowest BCUT2D eigenvalue weighted by Crippen LogP contribution is -2.36. The molecule has 2 unspecified atom stereocenters. The second-order valence-corrected chi connectivity index (χ2v) is 10.0. The molecule has 0 saturated carbocycles. The molecule has 1 N–H and O–H groups in total. The molecular weight excluding hydrogens is 446 g/mol. The van der Waals surface area contributed by atoms with E-state index in [2.05, 4.69) is 20.8 Å². The van der Waals surface area contributed by atoms with Crippen molar-refractivity contribution in [3.63, 3.8) is 0 Å². The van der Waals surface area contributed by atoms with Gasteiger partial charge in [0.2, 0.25) is 0 Å². The van der Waals surface area contributed by atoms with Crippen LogP contribution < -0.4 is 9.47 Å². The number of likely N-dealkylation sites (tertiary alicyclic amines) is 1. The number of ether oxygens (including phenoxy) is 3. The number of rotatable bonds is 6. The number of carbonyl (C=O) groups excluding carboxylic acids is 2. The average Bonchev–Trinajstić information content (AvgIpc) is 3.45. The third-order valence-electron chi connectivity index (χ3n) is 6.72. The van der Waals surface area contributed by atoms with Crippen LogP contribution in [0.2, 0.25) is 0 Å². The summed E-state index contributed by atoms with van der Waals surface area (Å²) in [6.45, 7) is 7.11. The maximum Gasteiger partial charge on any atom is 0.295 e. The molecule has 2 saturated heterocycles. The number of nitrogens with zero attached hydrogens (tertiary/aromatic N) is 1. The summed E-state index contributed by atoms with van der Waals surface area (Å²) in [5, 5.41) is 11.6. The minimum atomic E-state index is -0.756. The molecule has 2 aliphatic heterocycles. The molecule has 2 aromatic rings. The predicted molar refractivity (Wildman–Crippen MR) is 133 cm³/mol. The van der Waals surface area contributed by atoms with Gasteiger partial charge in [-0.1, -0.05) is 39.0 Å². The topological polar surface area (TPSA) is 85.3 Å². The SMILES string of the molecule is COc1ccc(C2/C(=C(\O)c3cc(C(C)(C)C)ccc3OC)C(=O)C(=O)N2CC2CCCO2)cc1. The Balaban J connectivity index is 1.88. The first-order valence-electron chi connectivity index (χ1n) is 11.9. The smallest absolute Gasteiger partial charge is 0.295 e. The Labute approximate surface area is 206 Å². The summed E-state index contributed by atoms with van der Waals surface area (Å²) in [4.78, 5) is 28.1. The third-order valence-corrected chi connectivity index (χ3v) is 6.72. The molecule has 4 rings (SSSR count). The minimum absolute atomic E-state index is 0.0440. The van der Waals surface area contributed by atoms with E-state index in [1.807, 2.05) is 24.3 Å². The van der Waals surface area contributed by atoms with Crippen LogP contribution in [0.15, 0.2) is 48.0 Å². The summed E-state index contributed by atoms with van der Waals surface area (Å²) in [6.07, 6.45) is 1.59. The highest BCUT2D eigenvalue weighted by atomic mass is 16.5. The normalized spacial score (nSPS) is 22.0. The standard InChI is InChI=1S/C28H33NO6/c1-28(2,3)18-10-13-22(34-5)21(15-18)25(30)23-24(17-8-11-19(33-4)12-9-17)29(27(32)26(23)31)16-20-7-6-14-35-20/h8-13,15,20,24,30H,6-7,14,16H2,1-5H3/b25-23+. The van der Waals surface area contributed by atoms with Crippen molar-refractivity contribution in [1.29, 1.82) is 0 Å². The lowest BCUT2D eigenvalue weighted by molar-refractivity contribution is -0.140. The van der Waals surface area contributed by atoms with Crippen molar-refractivity contribution in [3.8, 4) is 11.5 Å². The van der Waals surface area contributed by atoms with Crippen molar-refractivity contribution in [2.24, 2.45) is 0 Å². The number of Topliss-reactive ketones (excluding diaryl/α,β-unsaturated/α-hetero) is 1. The summed E-state index contributed by atoms with van der Waals surface area (Å²) >= 11 is 0. The highest BCUT2D eigenvalue weighted by Crippen LogP contribution is 2.42. The first-order chi connectivity index (χ1) is 16.7. The molecule has 7 heteroatoms. The van der Waals surface area contributed by atoms with Gasteiger partial charge in [0.15, 0.2) is 0 Å². The summed E-state index contributed by atoms with van der Waals surface area (Å²) in [5.41, 5.74) is 1.91. The fourth-order valence-electron chi connectivity index (χ4n) is 4.71. The van der Waals surface area contributed by atoms with Gasteiger partial charge in [-0.15, -0.1) is 0 Å². The molecule has 186 valence electrons. The number of aliphatic hydroxyl groups is 1. The summed E-state index contributed by atoms with van der Waals surface area (Å²) in [6, 6.07) is 12.0. The second kappa shape index (κ2) is 9.74. The highest BCUT2D eigenvalue weighted by molar-refractivity contribution is 6.46. The van der Waals surface area contributed by atoms with E-state index >= 15 is 0 Å². The second-order valence-electron chi connectivity index (χ2n) is 10.0. The molecule has 7 nitrogen and oxygen atoms in total. The van der Waals surface area contributed by atoms with Crippen LogP contribution in [0.3, 0.4) is 0 Å². The molecule has 0 radical (unpaired) electrons. The monoisotopic (exact) mass is 479 g/mol. The largest absolute Gasteiger partial charge is 0.507 e. The Bertz CT molecular complexity index is 1140. The number of hydrogen-bond acceptors (Lipinski definition) is 6. The van der Waals surface area contributed by atoms with E-state index in [1.54, 1.807) is 25.3 Å². The number of benzene rings is 2. The van der Waals surface area contributed by atoms with Crippen LogP contribution >= 0.6 is 0 Å². The molecule has 0 aliphatic carbocycles. The maximum absolute atomic E-state index is 13.4. The fraction of sp³-hybridized carbons (Fsp3) is 0.429. The number of amides is 1. The van der Waals surface area contributed by atoms with Gasteiger partial charge in [-0.05, 0) is 53.6 Å². The van der Waals surface area contributed by atoms with Gasteiger partial charge in [0, 0.05) is 13.2 Å². The Morgan fingerprint density at radius 1 is 1.09 bits per heavy atom. The predicted octanol–water partition coefficient (Wildman–Crippen LogP) is 4.60. The molecule has 0 spiro atoms. The van der Waals surface area contributed by atoms with Crippen LogP contribution in [0.25, 0.3) is 5.76 Å². The van der Waals surface area contributed by atoms with Crippen LogP contribution in [-0.2, 0) is 19.7 Å². The van der Waals surface area contributed by atoms with E-state index < -0.39 is 17.7 Å². The van der Waals surface area contributed by atoms with Crippen LogP contribution in [0.4, 0.5) is 0 Å². The van der Waals surface area contributed by atoms with E-state index in [9.17, 15) is 14.7 Å². The lowest BCUT2D eigenvalue weighted by atomic mass is 9.85. The zero-order chi connectivity index (χ0) is 25.3. The van der Waals surface area contributed by atoms with Crippen molar-refractivity contribution < 1.29 is 28.9 Å². The molecule has 0 aromatic heterocycles. The zero-order valence-electron chi connectivity index (χ0n) is 21.0. The molecule has 35 heavy (non-hydrogen) atoms. The van der Waals surface area contributed by atoms with E-state index in [0.717, 1.165) is 18.4 Å². The maximum atomic E-state index is 13.4. The highest BCUT2D eigenvalue weighted by Gasteiger charge is 2.47. The summed E-state index contributed by atoms with van der Waals surface area (Å²) in [7, 11) is 3.09. The van der Waals surface area contributed by atoms with Crippen molar-refractivity contribution in [3.05, 3.63) is 64.7 Å². The Kier molecular flexibility index (Phi) is 6.90. The van der Waals surface area contributed by atoms with Crippen LogP contribution in [-0.4, -0.2) is 55.2 Å². The van der Waals surface area contributed by atoms with Gasteiger partial charge in [-0.3, -0.25) is 9.59 Å². The molecular formula is C28H33NO6. The molecule has 2 heterocycles. The summed E-state index contributed by atoms with van der Waals surface area (Å²) < 4.78 is 16.6. The van der Waals surface area contributed by atoms with Gasteiger partial charge in [0.05, 0.1) is 37.5 Å². The molecule has 2 aromatic carbocycles. The van der Waals surface area contributed by atoms with Gasteiger partial charge in [0.25, 0.3) is 11.7 Å². The van der Waals surface area contributed by atoms with Crippen molar-refractivity contribution >= 4 is 17.4 Å². The number of hydrogen-bond donors (Lipinski definition) is 1. The number of aliphatic hydroxyl groups excluding tert-OH is 1. The van der Waals surface area contributed by atoms with Gasteiger partial charge >= 0.3 is 0 Å². The molecule has 0 bridgehead atoms. The Morgan fingerprint density at radius 2 is 1.80 bits per heavy atom. The minimum Gasteiger partial charge on any atom is -0.507 e. The quantitative estimate of drug-likeness (QED) is 0.370. The van der Waals surface area contributed by atoms with E-state index in [0.29, 0.717) is 29.2 Å². The van der Waals surface area contributed by atoms with Gasteiger partial charge < -0.3 is 24.2 Å². The van der Waals surface area contributed by atoms with E-state index in [-0.39, 0.29) is 29.4 Å². The third kappa shape index (κ3) is 4.78. The number of ketones is 1. The van der Waals surface area contributed by atoms with Crippen molar-refractivity contribution in [2.45, 2.75) is 51.2 Å². The van der Waals surface area contributed by atoms with Gasteiger partial charge in [-0.25, -0.2) is 0 Å². The van der Waals surface area contributed by atoms with Crippen molar-refractivity contribution in [2.75, 3.05) is 27.4 Å². The van der Waals surface area contributed by atoms with Crippen LogP contribution in [0, 0.1) is 0 Å². The zero-order valence-corrected chi connectivity index (χ0v) is 21.0. The molecule has 1 amide bonds. The van der Waals surface area contributed by atoms with E-state index in [1.165, 1.54) is 12.0 Å². The molecule has 2 atom stereocenters. The van der Waals surface area contributed by atoms with Crippen LogP contribution in [0.1, 0.15) is 56.3 Å². The first kappa shape index (κ1) is 24.8. The summed E-state index contributed by atoms with van der Waals surface area (Å²) in [5.74, 6) is -0.529. The molecule has 2 fully saturated rings.